The molecule has 84 valence electrons. The summed E-state index contributed by atoms with van der Waals surface area (Å²) in [5, 5.41) is 3.22. The monoisotopic (exact) mass is 238 g/mol. The maximum Gasteiger partial charge on any atom is 0.274 e. The highest BCUT2D eigenvalue weighted by Crippen LogP contribution is 2.15. The molecule has 0 bridgehead atoms. The molecule has 0 saturated heterocycles. The van der Waals surface area contributed by atoms with Gasteiger partial charge < -0.3 is 0 Å². The van der Waals surface area contributed by atoms with Gasteiger partial charge in [0.05, 0.1) is 0 Å². The van der Waals surface area contributed by atoms with Crippen LogP contribution in [-0.4, -0.2) is 19.7 Å². The van der Waals surface area contributed by atoms with Crippen molar-refractivity contribution >= 4 is 11.6 Å². The smallest absolute Gasteiger partial charge is 0.274 e. The van der Waals surface area contributed by atoms with E-state index in [4.69, 9.17) is 11.6 Å². The number of rotatable bonds is 1. The number of H-pyrrole nitrogens is 1. The Bertz CT molecular complexity index is 576. The molecule has 2 rings (SSSR count). The summed E-state index contributed by atoms with van der Waals surface area (Å²) in [6.45, 7) is 5.46. The summed E-state index contributed by atoms with van der Waals surface area (Å²) < 4.78 is 1.27. The van der Waals surface area contributed by atoms with E-state index >= 15 is 0 Å². The van der Waals surface area contributed by atoms with E-state index < -0.39 is 0 Å². The minimum atomic E-state index is -0.197. The lowest BCUT2D eigenvalue weighted by Crippen LogP contribution is -2.17. The lowest BCUT2D eigenvalue weighted by atomic mass is 10.3. The molecule has 6 heteroatoms. The Balaban J connectivity index is 2.66. The van der Waals surface area contributed by atoms with E-state index in [9.17, 15) is 4.79 Å². The summed E-state index contributed by atoms with van der Waals surface area (Å²) in [7, 11) is 0. The van der Waals surface area contributed by atoms with Gasteiger partial charge in [0.15, 0.2) is 0 Å². The SMILES string of the molecule is Cc1cc(=O)n(-c2nc(C)c(C)c(Cl)n2)[nH]1. The highest BCUT2D eigenvalue weighted by Gasteiger charge is 2.10. The standard InChI is InChI=1S/C10H11ClN4O/c1-5-4-8(16)15(14-5)10-12-7(3)6(2)9(11)13-10/h4,14H,1-3H3. The van der Waals surface area contributed by atoms with Gasteiger partial charge in [-0.25, -0.2) is 4.98 Å². The van der Waals surface area contributed by atoms with Crippen LogP contribution in [0.3, 0.4) is 0 Å². The van der Waals surface area contributed by atoms with E-state index in [0.717, 1.165) is 17.0 Å². The molecule has 0 aliphatic heterocycles. The number of aromatic nitrogens is 4. The van der Waals surface area contributed by atoms with Crippen LogP contribution >= 0.6 is 11.6 Å². The summed E-state index contributed by atoms with van der Waals surface area (Å²) in [5.74, 6) is 0.270. The predicted octanol–water partition coefficient (Wildman–Crippen LogP) is 1.53. The van der Waals surface area contributed by atoms with E-state index in [2.05, 4.69) is 15.1 Å². The van der Waals surface area contributed by atoms with Crippen LogP contribution in [0.2, 0.25) is 5.15 Å². The average molecular weight is 239 g/mol. The lowest BCUT2D eigenvalue weighted by molar-refractivity contribution is 0.766. The number of hydrogen-bond donors (Lipinski definition) is 1. The molecule has 2 aromatic heterocycles. The Kier molecular flexibility index (Phi) is 2.55. The van der Waals surface area contributed by atoms with E-state index in [1.807, 2.05) is 13.8 Å². The summed E-state index contributed by atoms with van der Waals surface area (Å²) in [6.07, 6.45) is 0. The third-order valence-electron chi connectivity index (χ3n) is 2.37. The largest absolute Gasteiger partial charge is 0.293 e. The lowest BCUT2D eigenvalue weighted by Gasteiger charge is -2.05. The van der Waals surface area contributed by atoms with Crippen molar-refractivity contribution in [3.05, 3.63) is 38.5 Å². The minimum absolute atomic E-state index is 0.197. The fourth-order valence-corrected chi connectivity index (χ4v) is 1.55. The number of halogens is 1. The second-order valence-corrected chi connectivity index (χ2v) is 4.00. The average Bonchev–Trinajstić information content (AvgIpc) is 2.53. The molecule has 0 atom stereocenters. The van der Waals surface area contributed by atoms with Crippen LogP contribution in [0.1, 0.15) is 17.0 Å². The highest BCUT2D eigenvalue weighted by molar-refractivity contribution is 6.30. The zero-order chi connectivity index (χ0) is 11.9. The first-order chi connectivity index (χ1) is 7.49. The number of aryl methyl sites for hydroxylation is 2. The van der Waals surface area contributed by atoms with Crippen LogP contribution < -0.4 is 5.56 Å². The fraction of sp³-hybridized carbons (Fsp3) is 0.300. The van der Waals surface area contributed by atoms with Crippen LogP contribution in [0, 0.1) is 20.8 Å². The molecule has 0 radical (unpaired) electrons. The number of nitrogens with zero attached hydrogens (tertiary/aromatic N) is 3. The first kappa shape index (κ1) is 10.9. The highest BCUT2D eigenvalue weighted by atomic mass is 35.5. The minimum Gasteiger partial charge on any atom is -0.293 e. The third kappa shape index (κ3) is 1.74. The van der Waals surface area contributed by atoms with Crippen LogP contribution in [-0.2, 0) is 0 Å². The molecule has 5 nitrogen and oxygen atoms in total. The Hall–Kier alpha value is -1.62. The van der Waals surface area contributed by atoms with Crippen LogP contribution in [0.25, 0.3) is 5.95 Å². The van der Waals surface area contributed by atoms with Gasteiger partial charge in [0.25, 0.3) is 11.5 Å². The molecule has 0 amide bonds. The summed E-state index contributed by atoms with van der Waals surface area (Å²) in [5.41, 5.74) is 2.13. The molecule has 0 aliphatic rings. The van der Waals surface area contributed by atoms with Crippen molar-refractivity contribution in [1.82, 2.24) is 19.7 Å². The van der Waals surface area contributed by atoms with Gasteiger partial charge >= 0.3 is 0 Å². The van der Waals surface area contributed by atoms with Gasteiger partial charge in [0, 0.05) is 23.0 Å². The molecule has 1 N–H and O–H groups in total. The summed E-state index contributed by atoms with van der Waals surface area (Å²) in [6, 6.07) is 1.48. The molecular formula is C10H11ClN4O. The molecular weight excluding hydrogens is 228 g/mol. The molecule has 0 aliphatic carbocycles. The van der Waals surface area contributed by atoms with E-state index in [0.29, 0.717) is 5.15 Å². The number of nitrogens with one attached hydrogen (secondary N) is 1. The first-order valence-corrected chi connectivity index (χ1v) is 5.16. The summed E-state index contributed by atoms with van der Waals surface area (Å²) in [4.78, 5) is 19.8. The van der Waals surface area contributed by atoms with Gasteiger partial charge in [-0.3, -0.25) is 9.89 Å². The van der Waals surface area contributed by atoms with Crippen molar-refractivity contribution in [2.24, 2.45) is 0 Å². The zero-order valence-electron chi connectivity index (χ0n) is 9.21. The molecule has 2 aromatic rings. The van der Waals surface area contributed by atoms with E-state index in [1.54, 1.807) is 6.92 Å². The van der Waals surface area contributed by atoms with E-state index in [1.165, 1.54) is 10.7 Å². The molecule has 0 unspecified atom stereocenters. The molecule has 16 heavy (non-hydrogen) atoms. The molecule has 2 heterocycles. The van der Waals surface area contributed by atoms with Crippen LogP contribution in [0.5, 0.6) is 0 Å². The Labute approximate surface area is 97.1 Å². The summed E-state index contributed by atoms with van der Waals surface area (Å²) >= 11 is 5.95. The number of hydrogen-bond acceptors (Lipinski definition) is 3. The zero-order valence-corrected chi connectivity index (χ0v) is 9.96. The van der Waals surface area contributed by atoms with Crippen LogP contribution in [0.4, 0.5) is 0 Å². The maximum atomic E-state index is 11.6. The van der Waals surface area contributed by atoms with Gasteiger partial charge in [0.2, 0.25) is 0 Å². The molecule has 0 fully saturated rings. The van der Waals surface area contributed by atoms with Crippen molar-refractivity contribution in [2.75, 3.05) is 0 Å². The second kappa shape index (κ2) is 3.75. The molecule has 0 aromatic carbocycles. The van der Waals surface area contributed by atoms with Crippen molar-refractivity contribution in [3.8, 4) is 5.95 Å². The second-order valence-electron chi connectivity index (χ2n) is 3.64. The molecule has 0 spiro atoms. The third-order valence-corrected chi connectivity index (χ3v) is 2.73. The van der Waals surface area contributed by atoms with Crippen molar-refractivity contribution < 1.29 is 0 Å². The normalized spacial score (nSPS) is 10.8. The van der Waals surface area contributed by atoms with Gasteiger partial charge in [-0.05, 0) is 20.8 Å². The number of aromatic amines is 1. The van der Waals surface area contributed by atoms with E-state index in [-0.39, 0.29) is 11.5 Å². The van der Waals surface area contributed by atoms with Gasteiger partial charge in [0.1, 0.15) is 5.15 Å². The quantitative estimate of drug-likeness (QED) is 0.767. The van der Waals surface area contributed by atoms with Gasteiger partial charge in [-0.15, -0.1) is 0 Å². The van der Waals surface area contributed by atoms with Crippen molar-refractivity contribution in [1.29, 1.82) is 0 Å². The van der Waals surface area contributed by atoms with Crippen molar-refractivity contribution in [3.63, 3.8) is 0 Å². The Morgan fingerprint density at radius 2 is 2.00 bits per heavy atom. The Morgan fingerprint density at radius 1 is 1.31 bits per heavy atom. The van der Waals surface area contributed by atoms with Crippen LogP contribution in [0.15, 0.2) is 10.9 Å². The topological polar surface area (TPSA) is 63.6 Å². The predicted molar refractivity (Wildman–Crippen MR) is 61.2 cm³/mol. The first-order valence-electron chi connectivity index (χ1n) is 4.79. The van der Waals surface area contributed by atoms with Gasteiger partial charge in [-0.2, -0.15) is 9.67 Å². The Morgan fingerprint density at radius 3 is 2.50 bits per heavy atom. The molecule has 0 saturated carbocycles. The van der Waals surface area contributed by atoms with Gasteiger partial charge in [-0.1, -0.05) is 11.6 Å². The maximum absolute atomic E-state index is 11.6. The fourth-order valence-electron chi connectivity index (χ4n) is 1.34. The van der Waals surface area contributed by atoms with Crippen molar-refractivity contribution in [2.45, 2.75) is 20.8 Å².